The third-order valence-electron chi connectivity index (χ3n) is 3.79. The van der Waals surface area contributed by atoms with Crippen LogP contribution >= 0.6 is 0 Å². The van der Waals surface area contributed by atoms with E-state index >= 15 is 0 Å². The van der Waals surface area contributed by atoms with Gasteiger partial charge in [0.25, 0.3) is 0 Å². The molecular weight excluding hydrogens is 288 g/mol. The highest BCUT2D eigenvalue weighted by atomic mass is 28.4. The number of ether oxygens (including phenoxy) is 1. The number of rotatable bonds is 8. The Labute approximate surface area is 129 Å². The third kappa shape index (κ3) is 7.76. The standard InChI is InChI=1S/C15H30O5Si/c1-7-19-14(18)9-8-12(16)13(17)10-11-20-21(5,6)15(2,3)4/h8-9,12-13,16-17H,7,10-11H2,1-6H3/b9-8+/t12-,13-/m1/s1. The van der Waals surface area contributed by atoms with Gasteiger partial charge in [-0.3, -0.25) is 0 Å². The highest BCUT2D eigenvalue weighted by molar-refractivity contribution is 6.74. The maximum atomic E-state index is 11.1. The molecule has 124 valence electrons. The summed E-state index contributed by atoms with van der Waals surface area (Å²) in [4.78, 5) is 11.1. The maximum absolute atomic E-state index is 11.1. The highest BCUT2D eigenvalue weighted by Crippen LogP contribution is 2.36. The van der Waals surface area contributed by atoms with Crippen LogP contribution in [-0.4, -0.2) is 49.9 Å². The van der Waals surface area contributed by atoms with Crippen molar-refractivity contribution in [3.8, 4) is 0 Å². The molecule has 0 amide bonds. The first-order chi connectivity index (χ1) is 9.51. The molecule has 2 atom stereocenters. The molecule has 0 spiro atoms. The van der Waals surface area contributed by atoms with Gasteiger partial charge in [0.05, 0.1) is 18.8 Å². The Morgan fingerprint density at radius 1 is 1.29 bits per heavy atom. The van der Waals surface area contributed by atoms with Crippen molar-refractivity contribution in [1.82, 2.24) is 0 Å². The van der Waals surface area contributed by atoms with Crippen LogP contribution in [0.25, 0.3) is 0 Å². The van der Waals surface area contributed by atoms with Gasteiger partial charge in [-0.05, 0) is 37.6 Å². The predicted octanol–water partition coefficient (Wildman–Crippen LogP) is 2.24. The van der Waals surface area contributed by atoms with Crippen LogP contribution in [0.4, 0.5) is 0 Å². The second-order valence-electron chi connectivity index (χ2n) is 6.57. The quantitative estimate of drug-likeness (QED) is 0.408. The van der Waals surface area contributed by atoms with E-state index in [1.54, 1.807) is 6.92 Å². The van der Waals surface area contributed by atoms with E-state index in [1.807, 2.05) is 0 Å². The molecule has 0 aromatic carbocycles. The zero-order valence-electron chi connectivity index (χ0n) is 14.0. The van der Waals surface area contributed by atoms with Crippen molar-refractivity contribution in [3.05, 3.63) is 12.2 Å². The zero-order valence-corrected chi connectivity index (χ0v) is 15.0. The highest BCUT2D eigenvalue weighted by Gasteiger charge is 2.37. The number of aliphatic hydroxyl groups is 2. The lowest BCUT2D eigenvalue weighted by Crippen LogP contribution is -2.41. The molecule has 0 unspecified atom stereocenters. The molecular formula is C15H30O5Si. The van der Waals surface area contributed by atoms with Crippen LogP contribution in [0.2, 0.25) is 18.1 Å². The lowest BCUT2D eigenvalue weighted by atomic mass is 10.1. The van der Waals surface area contributed by atoms with Gasteiger partial charge < -0.3 is 19.4 Å². The molecule has 0 saturated carbocycles. The summed E-state index contributed by atoms with van der Waals surface area (Å²) in [5.74, 6) is -0.527. The molecule has 21 heavy (non-hydrogen) atoms. The molecule has 2 N–H and O–H groups in total. The van der Waals surface area contributed by atoms with Crippen molar-refractivity contribution in [1.29, 1.82) is 0 Å². The summed E-state index contributed by atoms with van der Waals surface area (Å²) < 4.78 is 10.6. The maximum Gasteiger partial charge on any atom is 0.330 e. The molecule has 0 aliphatic carbocycles. The van der Waals surface area contributed by atoms with Crippen LogP contribution in [0.5, 0.6) is 0 Å². The lowest BCUT2D eigenvalue weighted by molar-refractivity contribution is -0.137. The SMILES string of the molecule is CCOC(=O)/C=C/[C@@H](O)[C@H](O)CCO[Si](C)(C)C(C)(C)C. The number of aliphatic hydroxyl groups excluding tert-OH is 2. The largest absolute Gasteiger partial charge is 0.463 e. The van der Waals surface area contributed by atoms with Gasteiger partial charge in [0.1, 0.15) is 0 Å². The van der Waals surface area contributed by atoms with Crippen molar-refractivity contribution in [3.63, 3.8) is 0 Å². The van der Waals surface area contributed by atoms with Gasteiger partial charge in [-0.2, -0.15) is 0 Å². The fourth-order valence-electron chi connectivity index (χ4n) is 1.32. The average Bonchev–Trinajstić information content (AvgIpc) is 2.34. The molecule has 0 aliphatic heterocycles. The van der Waals surface area contributed by atoms with Gasteiger partial charge in [-0.15, -0.1) is 0 Å². The Balaban J connectivity index is 4.20. The van der Waals surface area contributed by atoms with Crippen LogP contribution < -0.4 is 0 Å². The smallest absolute Gasteiger partial charge is 0.330 e. The van der Waals surface area contributed by atoms with Crippen molar-refractivity contribution in [2.24, 2.45) is 0 Å². The van der Waals surface area contributed by atoms with Gasteiger partial charge in [-0.25, -0.2) is 4.79 Å². The fraction of sp³-hybridized carbons (Fsp3) is 0.800. The summed E-state index contributed by atoms with van der Waals surface area (Å²) in [5, 5.41) is 19.7. The minimum atomic E-state index is -1.84. The summed E-state index contributed by atoms with van der Waals surface area (Å²) in [6.45, 7) is 13.1. The second-order valence-corrected chi connectivity index (χ2v) is 11.4. The van der Waals surface area contributed by atoms with E-state index in [0.717, 1.165) is 6.08 Å². The van der Waals surface area contributed by atoms with E-state index in [-0.39, 0.29) is 11.6 Å². The second kappa shape index (κ2) is 8.68. The van der Waals surface area contributed by atoms with E-state index in [1.165, 1.54) is 6.08 Å². The number of esters is 1. The lowest BCUT2D eigenvalue weighted by Gasteiger charge is -2.36. The van der Waals surface area contributed by atoms with E-state index < -0.39 is 26.5 Å². The van der Waals surface area contributed by atoms with Crippen molar-refractivity contribution < 1.29 is 24.2 Å². The first kappa shape index (κ1) is 20.3. The zero-order chi connectivity index (χ0) is 16.7. The van der Waals surface area contributed by atoms with Crippen molar-refractivity contribution >= 4 is 14.3 Å². The van der Waals surface area contributed by atoms with Gasteiger partial charge in [0, 0.05) is 12.7 Å². The Morgan fingerprint density at radius 2 is 1.86 bits per heavy atom. The molecule has 0 aliphatic rings. The number of hydrogen-bond acceptors (Lipinski definition) is 5. The number of carbonyl (C=O) groups excluding carboxylic acids is 1. The van der Waals surface area contributed by atoms with E-state index in [2.05, 4.69) is 33.9 Å². The van der Waals surface area contributed by atoms with Crippen molar-refractivity contribution in [2.75, 3.05) is 13.2 Å². The average molecular weight is 318 g/mol. The Hall–Kier alpha value is -0.693. The van der Waals surface area contributed by atoms with Crippen molar-refractivity contribution in [2.45, 2.75) is 64.5 Å². The first-order valence-electron chi connectivity index (χ1n) is 7.36. The van der Waals surface area contributed by atoms with Gasteiger partial charge >= 0.3 is 5.97 Å². The summed E-state index contributed by atoms with van der Waals surface area (Å²) in [6.07, 6.45) is 0.639. The molecule has 0 saturated heterocycles. The molecule has 0 fully saturated rings. The van der Waals surface area contributed by atoms with E-state index in [4.69, 9.17) is 9.16 Å². The summed E-state index contributed by atoms with van der Waals surface area (Å²) in [5.41, 5.74) is 0. The minimum Gasteiger partial charge on any atom is -0.463 e. The summed E-state index contributed by atoms with van der Waals surface area (Å²) >= 11 is 0. The van der Waals surface area contributed by atoms with Gasteiger partial charge in [0.2, 0.25) is 0 Å². The van der Waals surface area contributed by atoms with Crippen LogP contribution in [0.1, 0.15) is 34.1 Å². The Kier molecular flexibility index (Phi) is 8.39. The number of hydrogen-bond donors (Lipinski definition) is 2. The molecule has 0 heterocycles. The van der Waals surface area contributed by atoms with Gasteiger partial charge in [0.15, 0.2) is 8.32 Å². The van der Waals surface area contributed by atoms with Crippen LogP contribution in [0, 0.1) is 0 Å². The third-order valence-corrected chi connectivity index (χ3v) is 8.33. The Morgan fingerprint density at radius 3 is 2.33 bits per heavy atom. The molecule has 0 bridgehead atoms. The monoisotopic (exact) mass is 318 g/mol. The topological polar surface area (TPSA) is 76.0 Å². The molecule has 0 aromatic rings. The number of carbonyl (C=O) groups is 1. The predicted molar refractivity (Wildman–Crippen MR) is 85.6 cm³/mol. The van der Waals surface area contributed by atoms with E-state index in [9.17, 15) is 15.0 Å². The molecule has 6 heteroatoms. The molecule has 5 nitrogen and oxygen atoms in total. The van der Waals surface area contributed by atoms with Gasteiger partial charge in [-0.1, -0.05) is 20.8 Å². The van der Waals surface area contributed by atoms with Crippen LogP contribution in [0.3, 0.4) is 0 Å². The Bertz CT molecular complexity index is 346. The first-order valence-corrected chi connectivity index (χ1v) is 10.3. The van der Waals surface area contributed by atoms with Crippen LogP contribution in [-0.2, 0) is 14.0 Å². The molecule has 0 radical (unpaired) electrons. The fourth-order valence-corrected chi connectivity index (χ4v) is 2.38. The summed E-state index contributed by atoms with van der Waals surface area (Å²) in [6, 6.07) is 0. The normalized spacial score (nSPS) is 16.0. The van der Waals surface area contributed by atoms with Crippen LogP contribution in [0.15, 0.2) is 12.2 Å². The summed E-state index contributed by atoms with van der Waals surface area (Å²) in [7, 11) is -1.84. The van der Waals surface area contributed by atoms with E-state index in [0.29, 0.717) is 13.0 Å². The molecule has 0 rings (SSSR count). The molecule has 0 aromatic heterocycles. The minimum absolute atomic E-state index is 0.111.